The van der Waals surface area contributed by atoms with Crippen molar-refractivity contribution in [2.75, 3.05) is 25.5 Å². The predicted octanol–water partition coefficient (Wildman–Crippen LogP) is 2.20. The van der Waals surface area contributed by atoms with Crippen LogP contribution in [0.1, 0.15) is 28.8 Å². The molecule has 18 heavy (non-hydrogen) atoms. The highest BCUT2D eigenvalue weighted by atomic mass is 16.4. The summed E-state index contributed by atoms with van der Waals surface area (Å²) in [4.78, 5) is 13.2. The van der Waals surface area contributed by atoms with Crippen molar-refractivity contribution in [3.63, 3.8) is 0 Å². The summed E-state index contributed by atoms with van der Waals surface area (Å²) in [7, 11) is 2.15. The van der Waals surface area contributed by atoms with E-state index in [9.17, 15) is 4.79 Å². The average Bonchev–Trinajstić information content (AvgIpc) is 2.73. The van der Waals surface area contributed by atoms with Gasteiger partial charge in [-0.2, -0.15) is 0 Å². The molecule has 1 aliphatic rings. The Labute approximate surface area is 108 Å². The summed E-state index contributed by atoms with van der Waals surface area (Å²) in [5.74, 6) is -0.875. The molecule has 2 rings (SSSR count). The molecule has 1 heterocycles. The molecular formula is C14H20N2O2. The zero-order chi connectivity index (χ0) is 13.1. The maximum atomic E-state index is 10.8. The van der Waals surface area contributed by atoms with Crippen LogP contribution >= 0.6 is 0 Å². The van der Waals surface area contributed by atoms with Crippen LogP contribution in [-0.2, 0) is 0 Å². The number of aromatic carboxylic acids is 1. The first-order valence-corrected chi connectivity index (χ1v) is 6.36. The highest BCUT2D eigenvalue weighted by Gasteiger charge is 2.20. The zero-order valence-electron chi connectivity index (χ0n) is 10.9. The largest absolute Gasteiger partial charge is 0.478 e. The molecule has 1 atom stereocenters. The van der Waals surface area contributed by atoms with Crippen LogP contribution in [0.25, 0.3) is 0 Å². The van der Waals surface area contributed by atoms with Crippen LogP contribution in [0.3, 0.4) is 0 Å². The number of aryl methyl sites for hydroxylation is 1. The van der Waals surface area contributed by atoms with Crippen molar-refractivity contribution >= 4 is 11.7 Å². The summed E-state index contributed by atoms with van der Waals surface area (Å²) in [6.45, 7) is 4.03. The molecule has 0 saturated carbocycles. The molecule has 0 aliphatic carbocycles. The second kappa shape index (κ2) is 5.40. The van der Waals surface area contributed by atoms with Gasteiger partial charge in [0.05, 0.1) is 5.56 Å². The number of carboxylic acid groups (broad SMARTS) is 1. The number of nitrogens with zero attached hydrogens (tertiary/aromatic N) is 1. The lowest BCUT2D eigenvalue weighted by molar-refractivity contribution is 0.0697. The average molecular weight is 248 g/mol. The van der Waals surface area contributed by atoms with Gasteiger partial charge in [0.25, 0.3) is 0 Å². The van der Waals surface area contributed by atoms with Crippen LogP contribution in [0.5, 0.6) is 0 Å². The van der Waals surface area contributed by atoms with Crippen LogP contribution < -0.4 is 5.32 Å². The summed E-state index contributed by atoms with van der Waals surface area (Å²) in [5, 5.41) is 12.3. The molecule has 0 radical (unpaired) electrons. The molecule has 0 amide bonds. The van der Waals surface area contributed by atoms with Gasteiger partial charge in [0.15, 0.2) is 0 Å². The Balaban J connectivity index is 1.99. The number of hydrogen-bond donors (Lipinski definition) is 2. The van der Waals surface area contributed by atoms with Gasteiger partial charge in [0, 0.05) is 18.3 Å². The van der Waals surface area contributed by atoms with E-state index < -0.39 is 5.97 Å². The number of likely N-dealkylation sites (N-methyl/N-ethyl adjacent to an activating group) is 1. The van der Waals surface area contributed by atoms with E-state index >= 15 is 0 Å². The topological polar surface area (TPSA) is 52.6 Å². The highest BCUT2D eigenvalue weighted by molar-refractivity contribution is 5.88. The fourth-order valence-electron chi connectivity index (χ4n) is 2.46. The van der Waals surface area contributed by atoms with Crippen molar-refractivity contribution in [1.29, 1.82) is 0 Å². The van der Waals surface area contributed by atoms with Crippen molar-refractivity contribution in [2.45, 2.75) is 25.8 Å². The van der Waals surface area contributed by atoms with Gasteiger partial charge in [-0.3, -0.25) is 0 Å². The molecule has 98 valence electrons. The molecule has 1 aliphatic heterocycles. The standard InChI is InChI=1S/C14H20N2O2/c1-10-8-11(14(17)18)5-6-13(10)15-9-12-4-3-7-16(12)2/h5-6,8,12,15H,3-4,7,9H2,1-2H3,(H,17,18). The van der Waals surface area contributed by atoms with Gasteiger partial charge in [0.2, 0.25) is 0 Å². The fourth-order valence-corrected chi connectivity index (χ4v) is 2.46. The molecule has 0 spiro atoms. The lowest BCUT2D eigenvalue weighted by Gasteiger charge is -2.21. The molecule has 1 fully saturated rings. The molecule has 1 aromatic carbocycles. The van der Waals surface area contributed by atoms with Gasteiger partial charge in [-0.05, 0) is 57.1 Å². The van der Waals surface area contributed by atoms with Gasteiger partial charge in [-0.15, -0.1) is 0 Å². The zero-order valence-corrected chi connectivity index (χ0v) is 10.9. The maximum Gasteiger partial charge on any atom is 0.335 e. The highest BCUT2D eigenvalue weighted by Crippen LogP contribution is 2.19. The molecule has 4 nitrogen and oxygen atoms in total. The molecule has 2 N–H and O–H groups in total. The normalized spacial score (nSPS) is 20.0. The quantitative estimate of drug-likeness (QED) is 0.857. The second-order valence-corrected chi connectivity index (χ2v) is 4.99. The predicted molar refractivity (Wildman–Crippen MR) is 72.3 cm³/mol. The summed E-state index contributed by atoms with van der Waals surface area (Å²) >= 11 is 0. The first kappa shape index (κ1) is 12.9. The summed E-state index contributed by atoms with van der Waals surface area (Å²) in [6.07, 6.45) is 2.50. The first-order valence-electron chi connectivity index (χ1n) is 6.36. The van der Waals surface area contributed by atoms with Crippen LogP contribution in [0.4, 0.5) is 5.69 Å². The van der Waals surface area contributed by atoms with Crippen LogP contribution in [0.15, 0.2) is 18.2 Å². The smallest absolute Gasteiger partial charge is 0.335 e. The minimum atomic E-state index is -0.875. The number of anilines is 1. The number of nitrogens with one attached hydrogen (secondary N) is 1. The number of carbonyl (C=O) groups is 1. The van der Waals surface area contributed by atoms with Crippen molar-refractivity contribution in [1.82, 2.24) is 4.90 Å². The third-order valence-electron chi connectivity index (χ3n) is 3.67. The summed E-state index contributed by atoms with van der Waals surface area (Å²) < 4.78 is 0. The number of hydrogen-bond acceptors (Lipinski definition) is 3. The van der Waals surface area contributed by atoms with E-state index in [1.165, 1.54) is 19.4 Å². The Morgan fingerprint density at radius 3 is 2.89 bits per heavy atom. The third-order valence-corrected chi connectivity index (χ3v) is 3.67. The van der Waals surface area contributed by atoms with Crippen molar-refractivity contribution in [2.24, 2.45) is 0 Å². The molecule has 1 saturated heterocycles. The summed E-state index contributed by atoms with van der Waals surface area (Å²) in [6, 6.07) is 5.80. The van der Waals surface area contributed by atoms with Gasteiger partial charge >= 0.3 is 5.97 Å². The minimum absolute atomic E-state index is 0.344. The lowest BCUT2D eigenvalue weighted by atomic mass is 10.1. The van der Waals surface area contributed by atoms with E-state index in [0.717, 1.165) is 17.8 Å². The van der Waals surface area contributed by atoms with Crippen LogP contribution in [0.2, 0.25) is 0 Å². The van der Waals surface area contributed by atoms with E-state index in [2.05, 4.69) is 17.3 Å². The molecule has 1 aromatic rings. The number of likely N-dealkylation sites (tertiary alicyclic amines) is 1. The van der Waals surface area contributed by atoms with E-state index in [1.807, 2.05) is 13.0 Å². The first-order chi connectivity index (χ1) is 8.58. The lowest BCUT2D eigenvalue weighted by Crippen LogP contribution is -2.31. The molecule has 1 unspecified atom stereocenters. The van der Waals surface area contributed by atoms with Crippen LogP contribution in [-0.4, -0.2) is 42.2 Å². The Bertz CT molecular complexity index is 445. The SMILES string of the molecule is Cc1cc(C(=O)O)ccc1NCC1CCCN1C. The van der Waals surface area contributed by atoms with Crippen molar-refractivity contribution in [3.8, 4) is 0 Å². The molecule has 0 aromatic heterocycles. The Morgan fingerprint density at radius 1 is 1.56 bits per heavy atom. The third kappa shape index (κ3) is 2.82. The van der Waals surface area contributed by atoms with E-state index in [4.69, 9.17) is 5.11 Å². The van der Waals surface area contributed by atoms with Crippen molar-refractivity contribution < 1.29 is 9.90 Å². The van der Waals surface area contributed by atoms with Crippen molar-refractivity contribution in [3.05, 3.63) is 29.3 Å². The van der Waals surface area contributed by atoms with Crippen LogP contribution in [0, 0.1) is 6.92 Å². The summed E-state index contributed by atoms with van der Waals surface area (Å²) in [5.41, 5.74) is 2.35. The van der Waals surface area contributed by atoms with E-state index in [1.54, 1.807) is 12.1 Å². The number of rotatable bonds is 4. The van der Waals surface area contributed by atoms with E-state index in [0.29, 0.717) is 11.6 Å². The van der Waals surface area contributed by atoms with Gasteiger partial charge < -0.3 is 15.3 Å². The Kier molecular flexibility index (Phi) is 3.87. The van der Waals surface area contributed by atoms with Gasteiger partial charge in [0.1, 0.15) is 0 Å². The van der Waals surface area contributed by atoms with Gasteiger partial charge in [-0.1, -0.05) is 0 Å². The minimum Gasteiger partial charge on any atom is -0.478 e. The monoisotopic (exact) mass is 248 g/mol. The fraction of sp³-hybridized carbons (Fsp3) is 0.500. The van der Waals surface area contributed by atoms with Gasteiger partial charge in [-0.25, -0.2) is 4.79 Å². The molecule has 4 heteroatoms. The maximum absolute atomic E-state index is 10.8. The molecule has 0 bridgehead atoms. The van der Waals surface area contributed by atoms with E-state index in [-0.39, 0.29) is 0 Å². The number of carboxylic acids is 1. The Hall–Kier alpha value is -1.55. The second-order valence-electron chi connectivity index (χ2n) is 4.99. The number of benzene rings is 1. The molecular weight excluding hydrogens is 228 g/mol. The Morgan fingerprint density at radius 2 is 2.33 bits per heavy atom.